The van der Waals surface area contributed by atoms with Gasteiger partial charge in [0.25, 0.3) is 5.78 Å². The summed E-state index contributed by atoms with van der Waals surface area (Å²) in [4.78, 5) is 10.8. The summed E-state index contributed by atoms with van der Waals surface area (Å²) >= 11 is 0. The van der Waals surface area contributed by atoms with E-state index in [9.17, 15) is 18.0 Å². The molecule has 0 spiro atoms. The third-order valence-electron chi connectivity index (χ3n) is 2.33. The van der Waals surface area contributed by atoms with Crippen LogP contribution in [0.3, 0.4) is 0 Å². The van der Waals surface area contributed by atoms with Crippen LogP contribution in [0.4, 0.5) is 13.2 Å². The van der Waals surface area contributed by atoms with Gasteiger partial charge in [-0.2, -0.15) is 13.2 Å². The average molecular weight is 230 g/mol. The van der Waals surface area contributed by atoms with Crippen LogP contribution < -0.4 is 5.32 Å². The van der Waals surface area contributed by atoms with Gasteiger partial charge in [-0.3, -0.25) is 4.79 Å². The van der Waals surface area contributed by atoms with Crippen LogP contribution in [0.1, 0.15) is 5.69 Å². The number of rotatable bonds is 1. The topological polar surface area (TPSA) is 34.0 Å². The number of alkyl halides is 3. The standard InChI is InChI=1S/C10H9F3N2O/c11-10(12,13)9(16)6-7-8-2-1-4-15(8)5-3-14-7/h1-2,4,6,14H,3,5H2. The van der Waals surface area contributed by atoms with Gasteiger partial charge < -0.3 is 9.88 Å². The minimum absolute atomic E-state index is 0.221. The maximum absolute atomic E-state index is 12.1. The van der Waals surface area contributed by atoms with Crippen LogP contribution in [0, 0.1) is 0 Å². The molecule has 0 amide bonds. The molecule has 1 aromatic rings. The lowest BCUT2D eigenvalue weighted by Crippen LogP contribution is -2.29. The summed E-state index contributed by atoms with van der Waals surface area (Å²) in [6, 6.07) is 3.40. The zero-order chi connectivity index (χ0) is 11.8. The zero-order valence-electron chi connectivity index (χ0n) is 8.21. The summed E-state index contributed by atoms with van der Waals surface area (Å²) < 4.78 is 38.0. The number of carbonyl (C=O) groups excluding carboxylic acids is 1. The molecule has 0 unspecified atom stereocenters. The largest absolute Gasteiger partial charge is 0.454 e. The van der Waals surface area contributed by atoms with E-state index in [-0.39, 0.29) is 5.70 Å². The number of ketones is 1. The van der Waals surface area contributed by atoms with Crippen molar-refractivity contribution < 1.29 is 18.0 Å². The number of aromatic nitrogens is 1. The number of carbonyl (C=O) groups is 1. The van der Waals surface area contributed by atoms with Crippen molar-refractivity contribution in [1.82, 2.24) is 9.88 Å². The predicted molar refractivity (Wildman–Crippen MR) is 51.5 cm³/mol. The highest BCUT2D eigenvalue weighted by atomic mass is 19.4. The first kappa shape index (κ1) is 10.8. The molecule has 0 saturated heterocycles. The fraction of sp³-hybridized carbons (Fsp3) is 0.300. The summed E-state index contributed by atoms with van der Waals surface area (Å²) in [5.41, 5.74) is 0.822. The van der Waals surface area contributed by atoms with Gasteiger partial charge in [0, 0.05) is 25.4 Å². The Labute approximate surface area is 89.6 Å². The van der Waals surface area contributed by atoms with Crippen molar-refractivity contribution in [1.29, 1.82) is 0 Å². The van der Waals surface area contributed by atoms with Crippen molar-refractivity contribution in [3.63, 3.8) is 0 Å². The molecule has 0 fully saturated rings. The molecule has 2 heterocycles. The molecule has 0 aliphatic carbocycles. The first-order chi connectivity index (χ1) is 7.48. The van der Waals surface area contributed by atoms with Gasteiger partial charge in [0.15, 0.2) is 0 Å². The SMILES string of the molecule is O=C(C=C1NCCn2cccc21)C(F)(F)F. The maximum atomic E-state index is 12.1. The molecule has 16 heavy (non-hydrogen) atoms. The first-order valence-corrected chi connectivity index (χ1v) is 4.71. The van der Waals surface area contributed by atoms with Crippen LogP contribution >= 0.6 is 0 Å². The van der Waals surface area contributed by atoms with E-state index in [1.807, 2.05) is 0 Å². The van der Waals surface area contributed by atoms with Crippen molar-refractivity contribution in [3.05, 3.63) is 30.1 Å². The number of allylic oxidation sites excluding steroid dienone is 1. The van der Waals surface area contributed by atoms with Crippen LogP contribution in [-0.2, 0) is 11.3 Å². The van der Waals surface area contributed by atoms with Gasteiger partial charge in [0.05, 0.1) is 11.4 Å². The molecular weight excluding hydrogens is 221 g/mol. The Morgan fingerprint density at radius 3 is 2.94 bits per heavy atom. The normalized spacial score (nSPS) is 18.1. The molecule has 1 aliphatic heterocycles. The van der Waals surface area contributed by atoms with Crippen molar-refractivity contribution in [3.8, 4) is 0 Å². The highest BCUT2D eigenvalue weighted by molar-refractivity contribution is 5.99. The van der Waals surface area contributed by atoms with Gasteiger partial charge in [-0.25, -0.2) is 0 Å². The fourth-order valence-corrected chi connectivity index (χ4v) is 1.59. The Morgan fingerprint density at radius 1 is 1.50 bits per heavy atom. The van der Waals surface area contributed by atoms with E-state index in [0.29, 0.717) is 24.9 Å². The summed E-state index contributed by atoms with van der Waals surface area (Å²) in [6.45, 7) is 1.19. The van der Waals surface area contributed by atoms with Gasteiger partial charge in [0.2, 0.25) is 0 Å². The smallest absolute Gasteiger partial charge is 0.381 e. The molecule has 0 aromatic carbocycles. The van der Waals surface area contributed by atoms with Crippen molar-refractivity contribution in [2.45, 2.75) is 12.7 Å². The minimum atomic E-state index is -4.82. The monoisotopic (exact) mass is 230 g/mol. The second kappa shape index (κ2) is 3.70. The zero-order valence-corrected chi connectivity index (χ0v) is 8.21. The molecule has 0 radical (unpaired) electrons. The molecule has 1 aliphatic rings. The molecule has 86 valence electrons. The van der Waals surface area contributed by atoms with Gasteiger partial charge in [-0.15, -0.1) is 0 Å². The average Bonchev–Trinajstić information content (AvgIpc) is 2.65. The van der Waals surface area contributed by atoms with E-state index >= 15 is 0 Å². The summed E-state index contributed by atoms with van der Waals surface area (Å²) in [5, 5.41) is 2.78. The van der Waals surface area contributed by atoms with E-state index in [1.165, 1.54) is 0 Å². The molecular formula is C10H9F3N2O. The second-order valence-electron chi connectivity index (χ2n) is 3.43. The predicted octanol–water partition coefficient (Wildman–Crippen LogP) is 1.56. The number of nitrogens with zero attached hydrogens (tertiary/aromatic N) is 1. The number of halogens is 3. The second-order valence-corrected chi connectivity index (χ2v) is 3.43. The van der Waals surface area contributed by atoms with Gasteiger partial charge in [0.1, 0.15) is 0 Å². The number of fused-ring (bicyclic) bond motifs is 1. The van der Waals surface area contributed by atoms with Crippen molar-refractivity contribution in [2.75, 3.05) is 6.54 Å². The summed E-state index contributed by atoms with van der Waals surface area (Å²) in [7, 11) is 0. The Morgan fingerprint density at radius 2 is 2.25 bits per heavy atom. The molecule has 2 rings (SSSR count). The quantitative estimate of drug-likeness (QED) is 0.743. The molecule has 0 bridgehead atoms. The van der Waals surface area contributed by atoms with Crippen LogP contribution in [0.25, 0.3) is 5.70 Å². The van der Waals surface area contributed by atoms with E-state index in [1.54, 1.807) is 22.9 Å². The van der Waals surface area contributed by atoms with E-state index in [0.717, 1.165) is 0 Å². The van der Waals surface area contributed by atoms with Crippen LogP contribution in [0.2, 0.25) is 0 Å². The number of hydrogen-bond donors (Lipinski definition) is 1. The summed E-state index contributed by atoms with van der Waals surface area (Å²) in [6.07, 6.45) is -2.45. The molecule has 1 N–H and O–H groups in total. The molecule has 6 heteroatoms. The Balaban J connectivity index is 2.31. The number of nitrogens with one attached hydrogen (secondary N) is 1. The molecule has 0 atom stereocenters. The van der Waals surface area contributed by atoms with Crippen LogP contribution in [0.5, 0.6) is 0 Å². The first-order valence-electron chi connectivity index (χ1n) is 4.71. The third-order valence-corrected chi connectivity index (χ3v) is 2.33. The van der Waals surface area contributed by atoms with Crippen LogP contribution in [0.15, 0.2) is 24.4 Å². The fourth-order valence-electron chi connectivity index (χ4n) is 1.59. The maximum Gasteiger partial charge on any atom is 0.454 e. The lowest BCUT2D eigenvalue weighted by atomic mass is 10.2. The molecule has 3 nitrogen and oxygen atoms in total. The van der Waals surface area contributed by atoms with Gasteiger partial charge >= 0.3 is 6.18 Å². The highest BCUT2D eigenvalue weighted by Crippen LogP contribution is 2.21. The number of hydrogen-bond acceptors (Lipinski definition) is 2. The van der Waals surface area contributed by atoms with E-state index in [2.05, 4.69) is 5.32 Å². The Hall–Kier alpha value is -1.72. The Kier molecular flexibility index (Phi) is 2.49. The highest BCUT2D eigenvalue weighted by Gasteiger charge is 2.37. The Bertz CT molecular complexity index is 445. The van der Waals surface area contributed by atoms with Gasteiger partial charge in [-0.1, -0.05) is 0 Å². The van der Waals surface area contributed by atoms with E-state index in [4.69, 9.17) is 0 Å². The molecule has 0 saturated carbocycles. The summed E-state index contributed by atoms with van der Waals surface area (Å²) in [5.74, 6) is -1.84. The lowest BCUT2D eigenvalue weighted by Gasteiger charge is -2.20. The van der Waals surface area contributed by atoms with Gasteiger partial charge in [-0.05, 0) is 12.1 Å². The van der Waals surface area contributed by atoms with Crippen molar-refractivity contribution in [2.24, 2.45) is 0 Å². The van der Waals surface area contributed by atoms with Crippen molar-refractivity contribution >= 4 is 11.5 Å². The molecule has 1 aromatic heterocycles. The minimum Gasteiger partial charge on any atom is -0.381 e. The lowest BCUT2D eigenvalue weighted by molar-refractivity contribution is -0.165. The van der Waals surface area contributed by atoms with E-state index < -0.39 is 12.0 Å². The van der Waals surface area contributed by atoms with Crippen LogP contribution in [-0.4, -0.2) is 23.1 Å². The third kappa shape index (κ3) is 1.95.